The Morgan fingerprint density at radius 1 is 1.53 bits per heavy atom. The molecule has 0 amide bonds. The Morgan fingerprint density at radius 3 is 1.87 bits per heavy atom. The number of hydrogen-bond acceptors (Lipinski definition) is 1. The van der Waals surface area contributed by atoms with Crippen LogP contribution in [0, 0.1) is 11.3 Å². The zero-order valence-corrected chi connectivity index (χ0v) is 12.9. The largest absolute Gasteiger partial charge is 0.503 e. The van der Waals surface area contributed by atoms with Crippen molar-refractivity contribution in [3.8, 4) is 0 Å². The fourth-order valence-electron chi connectivity index (χ4n) is 1.24. The second-order valence-electron chi connectivity index (χ2n) is 4.03. The average Bonchev–Trinajstić information content (AvgIpc) is 2.54. The molecule has 1 fully saturated rings. The van der Waals surface area contributed by atoms with Crippen molar-refractivity contribution in [2.24, 2.45) is 11.3 Å². The molecule has 90 valence electrons. The molecule has 0 aromatic carbocycles. The maximum atomic E-state index is 8.56. The van der Waals surface area contributed by atoms with Gasteiger partial charge in [-0.15, -0.1) is 0 Å². The first-order chi connectivity index (χ1) is 6.48. The maximum absolute atomic E-state index is 8.56. The van der Waals surface area contributed by atoms with Crippen LogP contribution in [0.15, 0.2) is 0 Å². The van der Waals surface area contributed by atoms with Crippen molar-refractivity contribution in [2.75, 3.05) is 0 Å². The highest BCUT2D eigenvalue weighted by Crippen LogP contribution is 2.60. The van der Waals surface area contributed by atoms with E-state index in [2.05, 4.69) is 45.7 Å². The van der Waals surface area contributed by atoms with Gasteiger partial charge in [0.2, 0.25) is 0 Å². The predicted octanol–water partition coefficient (Wildman–Crippen LogP) is 4.54. The van der Waals surface area contributed by atoms with Crippen LogP contribution in [0.4, 0.5) is 4.79 Å². The minimum absolute atomic E-state index is 0.133. The van der Waals surface area contributed by atoms with Gasteiger partial charge in [0.05, 0.1) is 4.83 Å². The van der Waals surface area contributed by atoms with Gasteiger partial charge >= 0.3 is 6.16 Å². The van der Waals surface area contributed by atoms with Crippen LogP contribution in [0.5, 0.6) is 0 Å². The molecule has 3 nitrogen and oxygen atoms in total. The molecule has 1 saturated carbocycles. The van der Waals surface area contributed by atoms with Crippen molar-refractivity contribution in [2.45, 2.75) is 28.3 Å². The monoisotopic (exact) mass is 384 g/mol. The molecular formula is C8H12Br2Cl2O3. The SMILES string of the molecule is CC1(C)CC1C(Br)C(Cl)(Cl)Br.O=C(O)O. The Bertz CT molecular complexity index is 237. The Balaban J connectivity index is 0.000000423. The zero-order chi connectivity index (χ0) is 12.4. The van der Waals surface area contributed by atoms with E-state index < -0.39 is 9.40 Å². The van der Waals surface area contributed by atoms with Crippen LogP contribution in [0.3, 0.4) is 0 Å². The lowest BCUT2D eigenvalue weighted by atomic mass is 10.1. The molecule has 7 heteroatoms. The predicted molar refractivity (Wildman–Crippen MR) is 68.6 cm³/mol. The Labute approximate surface area is 115 Å². The third-order valence-corrected chi connectivity index (χ3v) is 5.69. The van der Waals surface area contributed by atoms with Crippen molar-refractivity contribution in [1.29, 1.82) is 0 Å². The van der Waals surface area contributed by atoms with E-state index in [-0.39, 0.29) is 4.83 Å². The van der Waals surface area contributed by atoms with Crippen molar-refractivity contribution in [3.05, 3.63) is 0 Å². The topological polar surface area (TPSA) is 57.5 Å². The molecule has 1 aliphatic carbocycles. The van der Waals surface area contributed by atoms with Crippen LogP contribution in [0.2, 0.25) is 0 Å². The Hall–Kier alpha value is 0.810. The van der Waals surface area contributed by atoms with E-state index in [1.165, 1.54) is 6.42 Å². The molecule has 0 spiro atoms. The van der Waals surface area contributed by atoms with Crippen molar-refractivity contribution < 1.29 is 15.0 Å². The van der Waals surface area contributed by atoms with Crippen LogP contribution in [0.1, 0.15) is 20.3 Å². The van der Waals surface area contributed by atoms with E-state index in [0.29, 0.717) is 11.3 Å². The van der Waals surface area contributed by atoms with E-state index in [9.17, 15) is 0 Å². The summed E-state index contributed by atoms with van der Waals surface area (Å²) in [4.78, 5) is 8.69. The Kier molecular flexibility index (Phi) is 5.72. The second-order valence-corrected chi connectivity index (χ2v) is 8.56. The molecule has 0 bridgehead atoms. The average molecular weight is 387 g/mol. The number of hydrogen-bond donors (Lipinski definition) is 2. The summed E-state index contributed by atoms with van der Waals surface area (Å²) in [6, 6.07) is 0. The van der Waals surface area contributed by atoms with E-state index in [1.54, 1.807) is 0 Å². The third-order valence-electron chi connectivity index (χ3n) is 2.26. The van der Waals surface area contributed by atoms with Crippen molar-refractivity contribution in [1.82, 2.24) is 0 Å². The van der Waals surface area contributed by atoms with Gasteiger partial charge in [0.1, 0.15) is 0 Å². The van der Waals surface area contributed by atoms with Gasteiger partial charge in [-0.05, 0) is 33.7 Å². The van der Waals surface area contributed by atoms with Crippen LogP contribution in [-0.2, 0) is 0 Å². The van der Waals surface area contributed by atoms with Gasteiger partial charge in [-0.2, -0.15) is 0 Å². The molecule has 0 radical (unpaired) electrons. The minimum Gasteiger partial charge on any atom is -0.450 e. The van der Waals surface area contributed by atoms with Gasteiger partial charge in [-0.1, -0.05) is 53.0 Å². The molecule has 15 heavy (non-hydrogen) atoms. The van der Waals surface area contributed by atoms with Gasteiger partial charge in [-0.25, -0.2) is 4.79 Å². The molecule has 0 aromatic rings. The molecule has 1 aliphatic rings. The molecule has 0 aliphatic heterocycles. The quantitative estimate of drug-likeness (QED) is 0.685. The summed E-state index contributed by atoms with van der Waals surface area (Å²) in [7, 11) is 0. The van der Waals surface area contributed by atoms with Gasteiger partial charge < -0.3 is 10.2 Å². The van der Waals surface area contributed by atoms with Gasteiger partial charge in [-0.3, -0.25) is 0 Å². The fourth-order valence-corrected chi connectivity index (χ4v) is 2.76. The van der Waals surface area contributed by atoms with Crippen LogP contribution >= 0.6 is 55.1 Å². The summed E-state index contributed by atoms with van der Waals surface area (Å²) in [6.07, 6.45) is -0.643. The number of halogens is 4. The first-order valence-electron chi connectivity index (χ1n) is 4.11. The summed E-state index contributed by atoms with van der Waals surface area (Å²) in [5.74, 6) is 0.580. The standard InChI is InChI=1S/C7H10Br2Cl2.CH2O3/c1-6(2)3-4(6)5(8)7(9,10)11;2-1(3)4/h4-5H,3H2,1-2H3;(H2,2,3,4). The van der Waals surface area contributed by atoms with Crippen molar-refractivity contribution >= 4 is 61.2 Å². The van der Waals surface area contributed by atoms with Crippen LogP contribution in [-0.4, -0.2) is 24.4 Å². The molecule has 1 rings (SSSR count). The summed E-state index contributed by atoms with van der Waals surface area (Å²) < 4.78 is -0.828. The molecule has 2 atom stereocenters. The number of rotatable bonds is 2. The summed E-state index contributed by atoms with van der Waals surface area (Å²) in [6.45, 7) is 4.44. The van der Waals surface area contributed by atoms with E-state index in [1.807, 2.05) is 0 Å². The first kappa shape index (κ1) is 15.8. The highest BCUT2D eigenvalue weighted by molar-refractivity contribution is 9.13. The highest BCUT2D eigenvalue weighted by atomic mass is 79.9. The van der Waals surface area contributed by atoms with Crippen LogP contribution in [0.25, 0.3) is 0 Å². The third kappa shape index (κ3) is 6.19. The zero-order valence-electron chi connectivity index (χ0n) is 8.18. The number of carbonyl (C=O) groups is 1. The molecular weight excluding hydrogens is 375 g/mol. The van der Waals surface area contributed by atoms with Gasteiger partial charge in [0, 0.05) is 0 Å². The summed E-state index contributed by atoms with van der Waals surface area (Å²) >= 11 is 18.5. The molecule has 2 N–H and O–H groups in total. The lowest BCUT2D eigenvalue weighted by Gasteiger charge is -2.19. The second kappa shape index (κ2) is 5.43. The fraction of sp³-hybridized carbons (Fsp3) is 0.875. The van der Waals surface area contributed by atoms with E-state index in [4.69, 9.17) is 38.2 Å². The van der Waals surface area contributed by atoms with Crippen molar-refractivity contribution in [3.63, 3.8) is 0 Å². The molecule has 2 unspecified atom stereocenters. The van der Waals surface area contributed by atoms with Crippen LogP contribution < -0.4 is 0 Å². The van der Waals surface area contributed by atoms with Gasteiger partial charge in [0.15, 0.2) is 3.24 Å². The number of carboxylic acid groups (broad SMARTS) is 2. The van der Waals surface area contributed by atoms with E-state index >= 15 is 0 Å². The van der Waals surface area contributed by atoms with Gasteiger partial charge in [0.25, 0.3) is 0 Å². The van der Waals surface area contributed by atoms with E-state index in [0.717, 1.165) is 0 Å². The lowest BCUT2D eigenvalue weighted by Crippen LogP contribution is -2.22. The smallest absolute Gasteiger partial charge is 0.450 e. The summed E-state index contributed by atoms with van der Waals surface area (Å²) in [5.41, 5.74) is 0.400. The highest BCUT2D eigenvalue weighted by Gasteiger charge is 2.54. The Morgan fingerprint density at radius 2 is 1.80 bits per heavy atom. The molecule has 0 heterocycles. The normalized spacial score (nSPS) is 24.8. The maximum Gasteiger partial charge on any atom is 0.503 e. The molecule has 0 aromatic heterocycles. The summed E-state index contributed by atoms with van der Waals surface area (Å²) in [5, 5.41) is 13.9. The minimum atomic E-state index is -1.83. The molecule has 0 saturated heterocycles. The first-order valence-corrected chi connectivity index (χ1v) is 6.57. The number of alkyl halides is 4. The lowest BCUT2D eigenvalue weighted by molar-refractivity contribution is 0.137.